The van der Waals surface area contributed by atoms with E-state index in [0.29, 0.717) is 27.3 Å². The van der Waals surface area contributed by atoms with E-state index in [1.807, 2.05) is 19.9 Å². The van der Waals surface area contributed by atoms with Crippen LogP contribution in [-0.2, 0) is 0 Å². The zero-order chi connectivity index (χ0) is 20.5. The van der Waals surface area contributed by atoms with Gasteiger partial charge in [0.1, 0.15) is 23.4 Å². The molecule has 3 heterocycles. The van der Waals surface area contributed by atoms with Crippen LogP contribution in [0.1, 0.15) is 26.0 Å². The number of carboxylic acid groups (broad SMARTS) is 1. The van der Waals surface area contributed by atoms with Crippen molar-refractivity contribution in [2.24, 2.45) is 0 Å². The molecule has 1 aliphatic heterocycles. The van der Waals surface area contributed by atoms with Crippen LogP contribution in [0.5, 0.6) is 0 Å². The predicted octanol–water partition coefficient (Wildman–Crippen LogP) is 3.12. The van der Waals surface area contributed by atoms with Gasteiger partial charge in [0.15, 0.2) is 0 Å². The Labute approximate surface area is 160 Å². The topological polar surface area (TPSA) is 114 Å². The molecule has 10 heteroatoms. The minimum absolute atomic E-state index is 0.0621. The number of pyridine rings is 2. The average Bonchev–Trinajstić information content (AvgIpc) is 2.60. The summed E-state index contributed by atoms with van der Waals surface area (Å²) in [5.41, 5.74) is 0.238. The van der Waals surface area contributed by atoms with Gasteiger partial charge < -0.3 is 20.6 Å². The summed E-state index contributed by atoms with van der Waals surface area (Å²) in [4.78, 5) is 20.3. The molecule has 0 saturated carbocycles. The Morgan fingerprint density at radius 3 is 2.86 bits per heavy atom. The van der Waals surface area contributed by atoms with Gasteiger partial charge in [0, 0.05) is 36.0 Å². The number of carbonyl (C=O) groups is 1. The molecule has 1 aliphatic rings. The molecule has 1 fully saturated rings. The number of nitriles is 1. The Bertz CT molecular complexity index is 944. The number of nitrogens with one attached hydrogen (secondary N) is 2. The third-order valence-electron chi connectivity index (χ3n) is 4.28. The normalized spacial score (nSPS) is 18.7. The lowest BCUT2D eigenvalue weighted by Gasteiger charge is -2.36. The van der Waals surface area contributed by atoms with Gasteiger partial charge in [0.25, 0.3) is 5.92 Å². The van der Waals surface area contributed by atoms with Gasteiger partial charge in [-0.3, -0.25) is 0 Å². The molecular weight excluding hydrogens is 370 g/mol. The van der Waals surface area contributed by atoms with Gasteiger partial charge in [-0.25, -0.2) is 23.5 Å². The highest BCUT2D eigenvalue weighted by atomic mass is 19.3. The highest BCUT2D eigenvalue weighted by molar-refractivity contribution is 5.93. The smallest absolute Gasteiger partial charge is 0.407 e. The van der Waals surface area contributed by atoms with E-state index in [9.17, 15) is 13.6 Å². The van der Waals surface area contributed by atoms with Crippen LogP contribution < -0.4 is 10.6 Å². The number of amides is 1. The van der Waals surface area contributed by atoms with Crippen LogP contribution in [0.2, 0.25) is 0 Å². The minimum Gasteiger partial charge on any atom is -0.465 e. The van der Waals surface area contributed by atoms with Crippen molar-refractivity contribution in [3.63, 3.8) is 0 Å². The van der Waals surface area contributed by atoms with Crippen LogP contribution in [0.25, 0.3) is 10.8 Å². The Balaban J connectivity index is 1.91. The molecule has 0 spiro atoms. The summed E-state index contributed by atoms with van der Waals surface area (Å²) < 4.78 is 27.8. The molecule has 0 bridgehead atoms. The first kappa shape index (κ1) is 19.5. The van der Waals surface area contributed by atoms with Crippen LogP contribution in [0.3, 0.4) is 0 Å². The second-order valence-corrected chi connectivity index (χ2v) is 7.12. The lowest BCUT2D eigenvalue weighted by molar-refractivity contribution is -0.0613. The molecule has 0 unspecified atom stereocenters. The number of anilines is 2. The fourth-order valence-corrected chi connectivity index (χ4v) is 3.22. The molecule has 8 nitrogen and oxygen atoms in total. The Morgan fingerprint density at radius 2 is 2.21 bits per heavy atom. The zero-order valence-electron chi connectivity index (χ0n) is 15.4. The van der Waals surface area contributed by atoms with Gasteiger partial charge in [-0.1, -0.05) is 0 Å². The van der Waals surface area contributed by atoms with E-state index >= 15 is 0 Å². The number of piperidine rings is 1. The Kier molecular flexibility index (Phi) is 5.18. The summed E-state index contributed by atoms with van der Waals surface area (Å²) in [7, 11) is 0. The summed E-state index contributed by atoms with van der Waals surface area (Å²) in [5, 5.41) is 25.7. The maximum Gasteiger partial charge on any atom is 0.407 e. The highest BCUT2D eigenvalue weighted by Gasteiger charge is 2.42. The maximum absolute atomic E-state index is 13.9. The third-order valence-corrected chi connectivity index (χ3v) is 4.28. The van der Waals surface area contributed by atoms with E-state index in [4.69, 9.17) is 10.4 Å². The number of halogens is 2. The SMILES string of the molecule is CC(C)Nc1nc(C#N)cc2cnc(N[C@@H]3CN(C(=O)O)CC(F)(F)C3)cc12. The summed E-state index contributed by atoms with van der Waals surface area (Å²) in [6.45, 7) is 2.98. The first-order chi connectivity index (χ1) is 13.2. The summed E-state index contributed by atoms with van der Waals surface area (Å²) >= 11 is 0. The van der Waals surface area contributed by atoms with Crippen molar-refractivity contribution in [1.29, 1.82) is 5.26 Å². The molecule has 3 N–H and O–H groups in total. The molecule has 0 aromatic carbocycles. The second-order valence-electron chi connectivity index (χ2n) is 7.12. The number of aromatic nitrogens is 2. The molecular formula is C18H20F2N6O2. The lowest BCUT2D eigenvalue weighted by atomic mass is 10.0. The zero-order valence-corrected chi connectivity index (χ0v) is 15.4. The van der Waals surface area contributed by atoms with E-state index in [1.54, 1.807) is 12.1 Å². The first-order valence-electron chi connectivity index (χ1n) is 8.76. The molecule has 1 atom stereocenters. The molecule has 1 saturated heterocycles. The minimum atomic E-state index is -3.11. The molecule has 2 aromatic heterocycles. The number of likely N-dealkylation sites (tertiary alicyclic amines) is 1. The van der Waals surface area contributed by atoms with Gasteiger partial charge in [0.05, 0.1) is 12.6 Å². The monoisotopic (exact) mass is 390 g/mol. The van der Waals surface area contributed by atoms with Crippen molar-refractivity contribution in [3.8, 4) is 6.07 Å². The van der Waals surface area contributed by atoms with Crippen LogP contribution in [0.15, 0.2) is 18.3 Å². The van der Waals surface area contributed by atoms with Crippen molar-refractivity contribution < 1.29 is 18.7 Å². The number of alkyl halides is 2. The van der Waals surface area contributed by atoms with E-state index in [1.165, 1.54) is 6.20 Å². The molecule has 28 heavy (non-hydrogen) atoms. The van der Waals surface area contributed by atoms with E-state index < -0.39 is 31.0 Å². The van der Waals surface area contributed by atoms with Crippen molar-refractivity contribution in [2.45, 2.75) is 38.3 Å². The van der Waals surface area contributed by atoms with Gasteiger partial charge >= 0.3 is 6.09 Å². The number of nitrogens with zero attached hydrogens (tertiary/aromatic N) is 4. The van der Waals surface area contributed by atoms with Crippen molar-refractivity contribution in [2.75, 3.05) is 23.7 Å². The van der Waals surface area contributed by atoms with E-state index in [-0.39, 0.29) is 18.3 Å². The largest absolute Gasteiger partial charge is 0.465 e. The molecule has 0 radical (unpaired) electrons. The van der Waals surface area contributed by atoms with Gasteiger partial charge in [0.2, 0.25) is 0 Å². The number of hydrogen-bond donors (Lipinski definition) is 3. The van der Waals surface area contributed by atoms with Crippen LogP contribution in [0.4, 0.5) is 25.2 Å². The fraction of sp³-hybridized carbons (Fsp3) is 0.444. The number of rotatable bonds is 4. The molecule has 1 amide bonds. The van der Waals surface area contributed by atoms with Gasteiger partial charge in [-0.05, 0) is 26.0 Å². The van der Waals surface area contributed by atoms with Crippen molar-refractivity contribution in [3.05, 3.63) is 24.0 Å². The highest BCUT2D eigenvalue weighted by Crippen LogP contribution is 2.30. The first-order valence-corrected chi connectivity index (χ1v) is 8.76. The molecule has 0 aliphatic carbocycles. The summed E-state index contributed by atoms with van der Waals surface area (Å²) in [5.74, 6) is -2.28. The van der Waals surface area contributed by atoms with Crippen LogP contribution in [0, 0.1) is 11.3 Å². The van der Waals surface area contributed by atoms with E-state index in [0.717, 1.165) is 0 Å². The summed E-state index contributed by atoms with van der Waals surface area (Å²) in [6.07, 6.45) is -0.338. The molecule has 148 valence electrons. The average molecular weight is 390 g/mol. The Morgan fingerprint density at radius 1 is 1.46 bits per heavy atom. The quantitative estimate of drug-likeness (QED) is 0.735. The lowest BCUT2D eigenvalue weighted by Crippen LogP contribution is -2.53. The van der Waals surface area contributed by atoms with Gasteiger partial charge in [-0.2, -0.15) is 5.26 Å². The molecule has 3 rings (SSSR count). The predicted molar refractivity (Wildman–Crippen MR) is 99.6 cm³/mol. The maximum atomic E-state index is 13.9. The van der Waals surface area contributed by atoms with Crippen LogP contribution >= 0.6 is 0 Å². The third kappa shape index (κ3) is 4.36. The van der Waals surface area contributed by atoms with Crippen molar-refractivity contribution in [1.82, 2.24) is 14.9 Å². The number of fused-ring (bicyclic) bond motifs is 1. The standard InChI is InChI=1S/C18H20F2N6O2/c1-10(2)23-16-14-4-15(22-7-11(14)3-12(6-21)25-16)24-13-5-18(19,20)9-26(8-13)17(27)28/h3-4,7,10,13H,5,8-9H2,1-2H3,(H,22,24)(H,23,25)(H,27,28)/t13-/m0/s1. The number of hydrogen-bond acceptors (Lipinski definition) is 6. The Hall–Kier alpha value is -3.22. The van der Waals surface area contributed by atoms with Gasteiger partial charge in [-0.15, -0.1) is 0 Å². The second kappa shape index (κ2) is 7.42. The van der Waals surface area contributed by atoms with Crippen LogP contribution in [-0.4, -0.2) is 57.2 Å². The van der Waals surface area contributed by atoms with Crippen molar-refractivity contribution >= 4 is 28.5 Å². The summed E-state index contributed by atoms with van der Waals surface area (Å²) in [6, 6.07) is 4.54. The fourth-order valence-electron chi connectivity index (χ4n) is 3.22. The van der Waals surface area contributed by atoms with E-state index in [2.05, 4.69) is 20.6 Å². The molecule has 2 aromatic rings.